The summed E-state index contributed by atoms with van der Waals surface area (Å²) in [7, 11) is -3.54. The first kappa shape index (κ1) is 19.7. The van der Waals surface area contributed by atoms with Crippen molar-refractivity contribution < 1.29 is 17.9 Å². The maximum atomic E-state index is 12.8. The fraction of sp³-hybridized carbons (Fsp3) is 0.611. The molecule has 1 fully saturated rings. The van der Waals surface area contributed by atoms with Gasteiger partial charge >= 0.3 is 0 Å². The smallest absolute Gasteiger partial charge is 0.243 e. The van der Waals surface area contributed by atoms with Crippen LogP contribution in [0.2, 0.25) is 0 Å². The minimum Gasteiger partial charge on any atom is -0.494 e. The molecule has 25 heavy (non-hydrogen) atoms. The number of nitrogens with one attached hydrogen (secondary N) is 1. The van der Waals surface area contributed by atoms with Crippen LogP contribution in [0.15, 0.2) is 23.1 Å². The van der Waals surface area contributed by atoms with Gasteiger partial charge in [0.15, 0.2) is 0 Å². The molecule has 1 amide bonds. The number of hydrogen-bond acceptors (Lipinski definition) is 4. The molecule has 0 radical (unpaired) electrons. The van der Waals surface area contributed by atoms with Crippen LogP contribution < -0.4 is 10.1 Å². The van der Waals surface area contributed by atoms with Crippen molar-refractivity contribution in [3.05, 3.63) is 23.8 Å². The summed E-state index contributed by atoms with van der Waals surface area (Å²) < 4.78 is 32.6. The number of nitrogens with zero attached hydrogens (tertiary/aromatic N) is 1. The molecule has 1 aromatic carbocycles. The van der Waals surface area contributed by atoms with Crippen LogP contribution in [0, 0.1) is 12.8 Å². The topological polar surface area (TPSA) is 75.7 Å². The molecule has 0 bridgehead atoms. The average Bonchev–Trinajstić information content (AvgIpc) is 2.61. The van der Waals surface area contributed by atoms with Crippen LogP contribution in [0.1, 0.15) is 38.7 Å². The van der Waals surface area contributed by atoms with Gasteiger partial charge in [0.25, 0.3) is 0 Å². The van der Waals surface area contributed by atoms with E-state index in [-0.39, 0.29) is 16.7 Å². The summed E-state index contributed by atoms with van der Waals surface area (Å²) in [5.41, 5.74) is 0.803. The fourth-order valence-electron chi connectivity index (χ4n) is 3.00. The third-order valence-corrected chi connectivity index (χ3v) is 6.35. The molecule has 0 atom stereocenters. The molecule has 1 N–H and O–H groups in total. The summed E-state index contributed by atoms with van der Waals surface area (Å²) in [4.78, 5) is 12.3. The van der Waals surface area contributed by atoms with Crippen molar-refractivity contribution in [2.75, 3.05) is 26.2 Å². The van der Waals surface area contributed by atoms with Crippen molar-refractivity contribution in [2.45, 2.75) is 44.9 Å². The predicted molar refractivity (Wildman–Crippen MR) is 97.1 cm³/mol. The van der Waals surface area contributed by atoms with E-state index in [2.05, 4.69) is 5.32 Å². The number of sulfonamides is 1. The highest BCUT2D eigenvalue weighted by Crippen LogP contribution is 2.27. The Labute approximate surface area is 150 Å². The van der Waals surface area contributed by atoms with Gasteiger partial charge in [0, 0.05) is 25.6 Å². The first-order valence-electron chi connectivity index (χ1n) is 8.91. The van der Waals surface area contributed by atoms with Gasteiger partial charge in [0.05, 0.1) is 11.5 Å². The lowest BCUT2D eigenvalue weighted by Gasteiger charge is -2.30. The summed E-state index contributed by atoms with van der Waals surface area (Å²) in [5, 5.41) is 2.89. The van der Waals surface area contributed by atoms with E-state index in [1.165, 1.54) is 4.31 Å². The van der Waals surface area contributed by atoms with E-state index in [1.807, 2.05) is 20.8 Å². The lowest BCUT2D eigenvalue weighted by molar-refractivity contribution is -0.126. The Kier molecular flexibility index (Phi) is 6.84. The summed E-state index contributed by atoms with van der Waals surface area (Å²) in [5.74, 6) is 0.642. The van der Waals surface area contributed by atoms with Crippen LogP contribution >= 0.6 is 0 Å². The number of hydrogen-bond donors (Lipinski definition) is 1. The lowest BCUT2D eigenvalue weighted by Crippen LogP contribution is -2.43. The average molecular weight is 368 g/mol. The highest BCUT2D eigenvalue weighted by molar-refractivity contribution is 7.89. The van der Waals surface area contributed by atoms with Crippen molar-refractivity contribution >= 4 is 15.9 Å². The fourth-order valence-corrected chi connectivity index (χ4v) is 4.56. The molecule has 0 aliphatic carbocycles. The van der Waals surface area contributed by atoms with E-state index < -0.39 is 10.0 Å². The highest BCUT2D eigenvalue weighted by Gasteiger charge is 2.32. The maximum Gasteiger partial charge on any atom is 0.243 e. The number of amides is 1. The quantitative estimate of drug-likeness (QED) is 0.801. The molecular weight excluding hydrogens is 340 g/mol. The molecular formula is C18H28N2O4S. The standard InChI is InChI=1S/C18H28N2O4S/c1-4-10-19-18(21)15-8-11-20(12-9-15)25(22,23)16-6-7-17(24-5-2)14(3)13-16/h6-7,13,15H,4-5,8-12H2,1-3H3,(H,19,21). The van der Waals surface area contributed by atoms with E-state index in [1.54, 1.807) is 18.2 Å². The molecule has 7 heteroatoms. The van der Waals surface area contributed by atoms with Crippen LogP contribution in [0.3, 0.4) is 0 Å². The molecule has 1 heterocycles. The normalized spacial score (nSPS) is 16.6. The molecule has 0 unspecified atom stereocenters. The molecule has 0 saturated carbocycles. The largest absolute Gasteiger partial charge is 0.494 e. The molecule has 1 aliphatic heterocycles. The summed E-state index contributed by atoms with van der Waals surface area (Å²) in [6.45, 7) is 7.70. The molecule has 2 rings (SSSR count). The lowest BCUT2D eigenvalue weighted by atomic mass is 9.97. The zero-order valence-corrected chi connectivity index (χ0v) is 16.1. The number of aryl methyl sites for hydroxylation is 1. The zero-order chi connectivity index (χ0) is 18.4. The highest BCUT2D eigenvalue weighted by atomic mass is 32.2. The van der Waals surface area contributed by atoms with Crippen LogP contribution in [0.25, 0.3) is 0 Å². The van der Waals surface area contributed by atoms with Crippen LogP contribution in [-0.2, 0) is 14.8 Å². The summed E-state index contributed by atoms with van der Waals surface area (Å²) in [6.07, 6.45) is 2.02. The Morgan fingerprint density at radius 1 is 1.28 bits per heavy atom. The van der Waals surface area contributed by atoms with Crippen LogP contribution in [-0.4, -0.2) is 44.9 Å². The van der Waals surface area contributed by atoms with Gasteiger partial charge in [-0.15, -0.1) is 0 Å². The summed E-state index contributed by atoms with van der Waals surface area (Å²) in [6, 6.07) is 4.95. The second kappa shape index (κ2) is 8.67. The molecule has 0 spiro atoms. The maximum absolute atomic E-state index is 12.8. The molecule has 1 aliphatic rings. The van der Waals surface area contributed by atoms with E-state index in [0.717, 1.165) is 12.0 Å². The first-order valence-corrected chi connectivity index (χ1v) is 10.4. The number of ether oxygens (including phenoxy) is 1. The number of piperidine rings is 1. The zero-order valence-electron chi connectivity index (χ0n) is 15.2. The second-order valence-electron chi connectivity index (χ2n) is 6.33. The molecule has 1 aromatic rings. The predicted octanol–water partition coefficient (Wildman–Crippen LogP) is 2.32. The van der Waals surface area contributed by atoms with Gasteiger partial charge in [-0.2, -0.15) is 4.31 Å². The minimum atomic E-state index is -3.54. The summed E-state index contributed by atoms with van der Waals surface area (Å²) >= 11 is 0. The number of benzene rings is 1. The van der Waals surface area contributed by atoms with Crippen molar-refractivity contribution in [1.82, 2.24) is 9.62 Å². The number of rotatable bonds is 7. The Morgan fingerprint density at radius 2 is 1.96 bits per heavy atom. The molecule has 0 aromatic heterocycles. The van der Waals surface area contributed by atoms with Gasteiger partial charge in [0.1, 0.15) is 5.75 Å². The number of carbonyl (C=O) groups excluding carboxylic acids is 1. The Hall–Kier alpha value is -1.60. The van der Waals surface area contributed by atoms with Gasteiger partial charge in [-0.1, -0.05) is 6.92 Å². The van der Waals surface area contributed by atoms with E-state index in [9.17, 15) is 13.2 Å². The van der Waals surface area contributed by atoms with Gasteiger partial charge < -0.3 is 10.1 Å². The Balaban J connectivity index is 2.04. The molecule has 1 saturated heterocycles. The van der Waals surface area contributed by atoms with Crippen molar-refractivity contribution in [2.24, 2.45) is 5.92 Å². The SMILES string of the molecule is CCCNC(=O)C1CCN(S(=O)(=O)c2ccc(OCC)c(C)c2)CC1. The minimum absolute atomic E-state index is 0.0378. The van der Waals surface area contributed by atoms with E-state index in [0.29, 0.717) is 44.8 Å². The third kappa shape index (κ3) is 4.73. The Morgan fingerprint density at radius 3 is 2.52 bits per heavy atom. The third-order valence-electron chi connectivity index (χ3n) is 4.46. The van der Waals surface area contributed by atoms with Gasteiger partial charge in [-0.05, 0) is 56.9 Å². The van der Waals surface area contributed by atoms with E-state index >= 15 is 0 Å². The van der Waals surface area contributed by atoms with Gasteiger partial charge in [-0.3, -0.25) is 4.79 Å². The van der Waals surface area contributed by atoms with Crippen molar-refractivity contribution in [3.63, 3.8) is 0 Å². The number of carbonyl (C=O) groups is 1. The second-order valence-corrected chi connectivity index (χ2v) is 8.27. The Bertz CT molecular complexity index is 695. The van der Waals surface area contributed by atoms with Gasteiger partial charge in [0.2, 0.25) is 15.9 Å². The molecule has 140 valence electrons. The monoisotopic (exact) mass is 368 g/mol. The van der Waals surface area contributed by atoms with Crippen LogP contribution in [0.5, 0.6) is 5.75 Å². The van der Waals surface area contributed by atoms with Crippen LogP contribution in [0.4, 0.5) is 0 Å². The van der Waals surface area contributed by atoms with Crippen molar-refractivity contribution in [1.29, 1.82) is 0 Å². The van der Waals surface area contributed by atoms with Gasteiger partial charge in [-0.25, -0.2) is 8.42 Å². The first-order chi connectivity index (χ1) is 11.9. The van der Waals surface area contributed by atoms with E-state index in [4.69, 9.17) is 4.74 Å². The molecule has 6 nitrogen and oxygen atoms in total. The van der Waals surface area contributed by atoms with Crippen molar-refractivity contribution in [3.8, 4) is 5.75 Å².